The number of hydrogen-bond acceptors (Lipinski definition) is 4. The van der Waals surface area contributed by atoms with Crippen molar-refractivity contribution in [2.75, 3.05) is 0 Å². The largest absolute Gasteiger partial charge is 0.444 e. The lowest BCUT2D eigenvalue weighted by Crippen LogP contribution is -2.50. The van der Waals surface area contributed by atoms with Crippen LogP contribution >= 0.6 is 0 Å². The van der Waals surface area contributed by atoms with Gasteiger partial charge >= 0.3 is 6.09 Å². The van der Waals surface area contributed by atoms with E-state index in [4.69, 9.17) is 10.5 Å². The van der Waals surface area contributed by atoms with Gasteiger partial charge in [-0.1, -0.05) is 44.2 Å². The van der Waals surface area contributed by atoms with Crippen molar-refractivity contribution >= 4 is 11.9 Å². The standard InChI is InChI=1S/C19H30N2O3/c1-13(2)11-15(20)17(22)16(12-14-9-7-6-8-10-14)21-18(23)24-19(3,4)5/h6-10,13,15-16H,11-12,20H2,1-5H3,(H,21,23)/t15-,16?/m0/s1. The number of rotatable bonds is 7. The molecule has 0 radical (unpaired) electrons. The lowest BCUT2D eigenvalue weighted by atomic mass is 9.93. The first-order chi connectivity index (χ1) is 11.1. The molecule has 5 nitrogen and oxygen atoms in total. The molecule has 0 aliphatic carbocycles. The van der Waals surface area contributed by atoms with E-state index in [1.165, 1.54) is 0 Å². The van der Waals surface area contributed by atoms with Crippen molar-refractivity contribution in [3.63, 3.8) is 0 Å². The van der Waals surface area contributed by atoms with Crippen molar-refractivity contribution in [1.82, 2.24) is 5.32 Å². The zero-order valence-electron chi connectivity index (χ0n) is 15.3. The van der Waals surface area contributed by atoms with E-state index in [1.54, 1.807) is 20.8 Å². The van der Waals surface area contributed by atoms with E-state index in [0.29, 0.717) is 18.8 Å². The predicted molar refractivity (Wildman–Crippen MR) is 95.7 cm³/mol. The minimum Gasteiger partial charge on any atom is -0.444 e. The molecule has 0 bridgehead atoms. The van der Waals surface area contributed by atoms with Crippen molar-refractivity contribution in [1.29, 1.82) is 0 Å². The van der Waals surface area contributed by atoms with Gasteiger partial charge in [-0.05, 0) is 45.1 Å². The third-order valence-electron chi connectivity index (χ3n) is 3.41. The highest BCUT2D eigenvalue weighted by Crippen LogP contribution is 2.12. The molecule has 24 heavy (non-hydrogen) atoms. The van der Waals surface area contributed by atoms with Crippen LogP contribution in [-0.2, 0) is 16.0 Å². The molecular formula is C19H30N2O3. The monoisotopic (exact) mass is 334 g/mol. The van der Waals surface area contributed by atoms with Crippen LogP contribution in [0.4, 0.5) is 4.79 Å². The number of Topliss-reactive ketones (excluding diaryl/α,β-unsaturated/α-hetero) is 1. The molecule has 5 heteroatoms. The van der Waals surface area contributed by atoms with Crippen LogP contribution in [0.25, 0.3) is 0 Å². The lowest BCUT2D eigenvalue weighted by Gasteiger charge is -2.25. The highest BCUT2D eigenvalue weighted by Gasteiger charge is 2.28. The average Bonchev–Trinajstić information content (AvgIpc) is 2.44. The smallest absolute Gasteiger partial charge is 0.408 e. The van der Waals surface area contributed by atoms with Gasteiger partial charge in [-0.2, -0.15) is 0 Å². The predicted octanol–water partition coefficient (Wildman–Crippen LogP) is 3.06. The van der Waals surface area contributed by atoms with Gasteiger partial charge in [0.15, 0.2) is 5.78 Å². The van der Waals surface area contributed by atoms with Crippen LogP contribution < -0.4 is 11.1 Å². The Bertz CT molecular complexity index is 535. The van der Waals surface area contributed by atoms with Crippen LogP contribution in [-0.4, -0.2) is 29.6 Å². The first-order valence-corrected chi connectivity index (χ1v) is 8.41. The minimum atomic E-state index is -0.698. The molecule has 1 amide bonds. The summed E-state index contributed by atoms with van der Waals surface area (Å²) in [4.78, 5) is 24.8. The molecule has 3 N–H and O–H groups in total. The van der Waals surface area contributed by atoms with Gasteiger partial charge in [-0.15, -0.1) is 0 Å². The fourth-order valence-corrected chi connectivity index (χ4v) is 2.40. The van der Waals surface area contributed by atoms with Gasteiger partial charge in [-0.3, -0.25) is 4.79 Å². The zero-order valence-corrected chi connectivity index (χ0v) is 15.3. The molecule has 2 atom stereocenters. The van der Waals surface area contributed by atoms with Crippen LogP contribution in [0, 0.1) is 5.92 Å². The molecule has 1 aromatic rings. The molecule has 0 aromatic heterocycles. The second-order valence-corrected chi connectivity index (χ2v) is 7.53. The average molecular weight is 334 g/mol. The number of carbonyl (C=O) groups excluding carboxylic acids is 2. The fraction of sp³-hybridized carbons (Fsp3) is 0.579. The van der Waals surface area contributed by atoms with Crippen LogP contribution in [0.15, 0.2) is 30.3 Å². The molecule has 0 saturated heterocycles. The second kappa shape index (κ2) is 8.83. The van der Waals surface area contributed by atoms with Crippen molar-refractivity contribution < 1.29 is 14.3 Å². The Morgan fingerprint density at radius 2 is 1.75 bits per heavy atom. The van der Waals surface area contributed by atoms with Crippen molar-refractivity contribution in [3.8, 4) is 0 Å². The Kier molecular flexibility index (Phi) is 7.42. The van der Waals surface area contributed by atoms with Crippen molar-refractivity contribution in [3.05, 3.63) is 35.9 Å². The van der Waals surface area contributed by atoms with Gasteiger partial charge in [0.05, 0.1) is 12.1 Å². The molecular weight excluding hydrogens is 304 g/mol. The fourth-order valence-electron chi connectivity index (χ4n) is 2.40. The summed E-state index contributed by atoms with van der Waals surface area (Å²) in [6.45, 7) is 9.38. The highest BCUT2D eigenvalue weighted by molar-refractivity contribution is 5.91. The summed E-state index contributed by atoms with van der Waals surface area (Å²) >= 11 is 0. The highest BCUT2D eigenvalue weighted by atomic mass is 16.6. The maximum absolute atomic E-state index is 12.7. The van der Waals surface area contributed by atoms with Gasteiger partial charge in [-0.25, -0.2) is 4.79 Å². The first-order valence-electron chi connectivity index (χ1n) is 8.41. The maximum atomic E-state index is 12.7. The van der Waals surface area contributed by atoms with E-state index in [9.17, 15) is 9.59 Å². The number of ether oxygens (including phenoxy) is 1. The molecule has 1 rings (SSSR count). The normalized spacial score (nSPS) is 14.1. The Balaban J connectivity index is 2.86. The summed E-state index contributed by atoms with van der Waals surface area (Å²) in [7, 11) is 0. The van der Waals surface area contributed by atoms with E-state index in [-0.39, 0.29) is 5.78 Å². The Labute approximate surface area is 145 Å². The Morgan fingerprint density at radius 3 is 2.25 bits per heavy atom. The number of amides is 1. The van der Waals surface area contributed by atoms with Gasteiger partial charge < -0.3 is 15.8 Å². The van der Waals surface area contributed by atoms with Gasteiger partial charge in [0.2, 0.25) is 0 Å². The van der Waals surface area contributed by atoms with Crippen LogP contribution in [0.3, 0.4) is 0 Å². The molecule has 0 fully saturated rings. The molecule has 0 heterocycles. The van der Waals surface area contributed by atoms with Crippen LogP contribution in [0.5, 0.6) is 0 Å². The van der Waals surface area contributed by atoms with E-state index >= 15 is 0 Å². The molecule has 0 saturated carbocycles. The van der Waals surface area contributed by atoms with Gasteiger partial charge in [0.25, 0.3) is 0 Å². The number of alkyl carbamates (subject to hydrolysis) is 1. The van der Waals surface area contributed by atoms with Gasteiger partial charge in [0.1, 0.15) is 5.60 Å². The Morgan fingerprint density at radius 1 is 1.17 bits per heavy atom. The third kappa shape index (κ3) is 7.59. The number of ketones is 1. The summed E-state index contributed by atoms with van der Waals surface area (Å²) < 4.78 is 5.27. The number of hydrogen-bond donors (Lipinski definition) is 2. The lowest BCUT2D eigenvalue weighted by molar-refractivity contribution is -0.122. The van der Waals surface area contributed by atoms with E-state index < -0.39 is 23.8 Å². The maximum Gasteiger partial charge on any atom is 0.408 e. The van der Waals surface area contributed by atoms with Crippen LogP contribution in [0.1, 0.15) is 46.6 Å². The summed E-state index contributed by atoms with van der Waals surface area (Å²) in [5.41, 5.74) is 6.38. The summed E-state index contributed by atoms with van der Waals surface area (Å²) in [6.07, 6.45) is 0.374. The van der Waals surface area contributed by atoms with Crippen molar-refractivity contribution in [2.24, 2.45) is 11.7 Å². The number of nitrogens with two attached hydrogens (primary N) is 1. The summed E-state index contributed by atoms with van der Waals surface area (Å²) in [5, 5.41) is 2.69. The quantitative estimate of drug-likeness (QED) is 0.803. The molecule has 134 valence electrons. The molecule has 0 aliphatic rings. The number of benzene rings is 1. The third-order valence-corrected chi connectivity index (χ3v) is 3.41. The number of carbonyl (C=O) groups is 2. The second-order valence-electron chi connectivity index (χ2n) is 7.53. The minimum absolute atomic E-state index is 0.168. The van der Waals surface area contributed by atoms with E-state index in [1.807, 2.05) is 44.2 Å². The Hall–Kier alpha value is -1.88. The summed E-state index contributed by atoms with van der Waals surface area (Å²) in [5.74, 6) is 0.140. The van der Waals surface area contributed by atoms with E-state index in [2.05, 4.69) is 5.32 Å². The zero-order chi connectivity index (χ0) is 18.3. The molecule has 0 aliphatic heterocycles. The van der Waals surface area contributed by atoms with Gasteiger partial charge in [0, 0.05) is 0 Å². The SMILES string of the molecule is CC(C)C[C@H](N)C(=O)C(Cc1ccccc1)NC(=O)OC(C)(C)C. The molecule has 1 aromatic carbocycles. The topological polar surface area (TPSA) is 81.4 Å². The molecule has 0 spiro atoms. The molecule has 1 unspecified atom stereocenters. The van der Waals surface area contributed by atoms with E-state index in [0.717, 1.165) is 5.56 Å². The number of nitrogens with one attached hydrogen (secondary N) is 1. The summed E-state index contributed by atoms with van der Waals surface area (Å²) in [6, 6.07) is 8.25. The van der Waals surface area contributed by atoms with Crippen molar-refractivity contribution in [2.45, 2.75) is 65.1 Å². The van der Waals surface area contributed by atoms with Crippen LogP contribution in [0.2, 0.25) is 0 Å². The first kappa shape index (κ1) is 20.2.